The average molecular weight is 249 g/mol. The second-order valence-electron chi connectivity index (χ2n) is 6.49. The number of hydrogen-bond donors (Lipinski definition) is 1. The highest BCUT2D eigenvalue weighted by Gasteiger charge is 2.52. The lowest BCUT2D eigenvalue weighted by Gasteiger charge is -2.56. The predicted molar refractivity (Wildman–Crippen MR) is 67.9 cm³/mol. The zero-order valence-electron chi connectivity index (χ0n) is 10.1. The van der Waals surface area contributed by atoms with Crippen molar-refractivity contribution >= 4 is 11.3 Å². The highest BCUT2D eigenvalue weighted by atomic mass is 32.1. The first-order chi connectivity index (χ1) is 8.27. The molecule has 0 atom stereocenters. The molecule has 4 saturated carbocycles. The van der Waals surface area contributed by atoms with Crippen molar-refractivity contribution in [3.05, 3.63) is 16.1 Å². The number of aliphatic hydroxyl groups excluding tert-OH is 1. The van der Waals surface area contributed by atoms with Crippen LogP contribution in [0.5, 0.6) is 0 Å². The van der Waals surface area contributed by atoms with Crippen molar-refractivity contribution in [2.45, 2.75) is 50.5 Å². The maximum Gasteiger partial charge on any atom is 0.0990 e. The summed E-state index contributed by atoms with van der Waals surface area (Å²) >= 11 is 1.76. The van der Waals surface area contributed by atoms with Crippen molar-refractivity contribution in [2.24, 2.45) is 17.8 Å². The van der Waals surface area contributed by atoms with Crippen molar-refractivity contribution in [1.29, 1.82) is 0 Å². The van der Waals surface area contributed by atoms with Gasteiger partial charge in [-0.1, -0.05) is 0 Å². The normalized spacial score (nSPS) is 43.2. The fraction of sp³-hybridized carbons (Fsp3) is 0.786. The molecule has 0 unspecified atom stereocenters. The first-order valence-corrected chi connectivity index (χ1v) is 7.65. The predicted octanol–water partition coefficient (Wildman–Crippen LogP) is 3.10. The number of nitrogens with zero attached hydrogens (tertiary/aromatic N) is 1. The maximum absolute atomic E-state index is 9.20. The van der Waals surface area contributed by atoms with Crippen LogP contribution in [0, 0.1) is 17.8 Å². The topological polar surface area (TPSA) is 33.1 Å². The Hall–Kier alpha value is -0.410. The summed E-state index contributed by atoms with van der Waals surface area (Å²) in [4.78, 5) is 5.67. The van der Waals surface area contributed by atoms with E-state index in [-0.39, 0.29) is 6.61 Å². The minimum Gasteiger partial charge on any atom is -0.391 e. The Morgan fingerprint density at radius 1 is 1.18 bits per heavy atom. The Bertz CT molecular complexity index is 404. The molecule has 1 aromatic rings. The first kappa shape index (κ1) is 10.5. The lowest BCUT2D eigenvalue weighted by Crippen LogP contribution is -2.48. The maximum atomic E-state index is 9.20. The molecule has 1 aromatic heterocycles. The molecule has 4 aliphatic carbocycles. The van der Waals surface area contributed by atoms with Gasteiger partial charge in [0.05, 0.1) is 16.5 Å². The van der Waals surface area contributed by atoms with Crippen molar-refractivity contribution in [3.63, 3.8) is 0 Å². The number of rotatable bonds is 2. The Balaban J connectivity index is 1.72. The summed E-state index contributed by atoms with van der Waals surface area (Å²) in [5.74, 6) is 2.92. The lowest BCUT2D eigenvalue weighted by molar-refractivity contribution is -0.00527. The smallest absolute Gasteiger partial charge is 0.0990 e. The molecule has 3 heteroatoms. The Morgan fingerprint density at radius 3 is 2.24 bits per heavy atom. The van der Waals surface area contributed by atoms with Crippen LogP contribution in [0.3, 0.4) is 0 Å². The van der Waals surface area contributed by atoms with E-state index in [0.29, 0.717) is 5.41 Å². The van der Waals surface area contributed by atoms with Crippen LogP contribution >= 0.6 is 11.3 Å². The summed E-state index contributed by atoms with van der Waals surface area (Å²) in [6.45, 7) is 0.157. The van der Waals surface area contributed by atoms with Crippen LogP contribution in [0.1, 0.15) is 48.4 Å². The Morgan fingerprint density at radius 2 is 1.76 bits per heavy atom. The molecule has 4 bridgehead atoms. The molecular weight excluding hydrogens is 230 g/mol. The minimum atomic E-state index is 0.157. The van der Waals surface area contributed by atoms with Gasteiger partial charge in [0.25, 0.3) is 0 Å². The molecule has 0 radical (unpaired) electrons. The molecule has 4 fully saturated rings. The van der Waals surface area contributed by atoms with Crippen LogP contribution in [0.25, 0.3) is 0 Å². The Kier molecular flexibility index (Phi) is 2.19. The lowest BCUT2D eigenvalue weighted by atomic mass is 9.50. The fourth-order valence-corrected chi connectivity index (χ4v) is 5.99. The van der Waals surface area contributed by atoms with Gasteiger partial charge in [0.15, 0.2) is 0 Å². The molecule has 17 heavy (non-hydrogen) atoms. The molecule has 0 spiro atoms. The number of thiazole rings is 1. The van der Waals surface area contributed by atoms with E-state index >= 15 is 0 Å². The summed E-state index contributed by atoms with van der Waals surface area (Å²) in [5, 5.41) is 10.5. The van der Waals surface area contributed by atoms with Gasteiger partial charge in [-0.3, -0.25) is 0 Å². The van der Waals surface area contributed by atoms with E-state index in [1.165, 1.54) is 43.5 Å². The number of aromatic nitrogens is 1. The Labute approximate surface area is 106 Å². The van der Waals surface area contributed by atoms with Crippen LogP contribution in [-0.4, -0.2) is 10.1 Å². The molecule has 4 aliphatic rings. The van der Waals surface area contributed by atoms with E-state index in [1.807, 2.05) is 6.20 Å². The zero-order chi connectivity index (χ0) is 11.5. The molecule has 0 aromatic carbocycles. The second kappa shape index (κ2) is 3.55. The van der Waals surface area contributed by atoms with E-state index in [1.54, 1.807) is 11.3 Å². The van der Waals surface area contributed by atoms with Crippen LogP contribution in [0.2, 0.25) is 0 Å². The summed E-state index contributed by atoms with van der Waals surface area (Å²) in [7, 11) is 0. The number of hydrogen-bond acceptors (Lipinski definition) is 3. The van der Waals surface area contributed by atoms with E-state index in [9.17, 15) is 5.11 Å². The highest BCUT2D eigenvalue weighted by molar-refractivity contribution is 7.11. The molecule has 0 aliphatic heterocycles. The van der Waals surface area contributed by atoms with E-state index in [2.05, 4.69) is 4.98 Å². The molecule has 0 amide bonds. The summed E-state index contributed by atoms with van der Waals surface area (Å²) in [6.07, 6.45) is 10.5. The van der Waals surface area contributed by atoms with Crippen LogP contribution < -0.4 is 0 Å². The summed E-state index contributed by atoms with van der Waals surface area (Å²) in [6, 6.07) is 0. The van der Waals surface area contributed by atoms with Gasteiger partial charge in [0.1, 0.15) is 0 Å². The van der Waals surface area contributed by atoms with Gasteiger partial charge >= 0.3 is 0 Å². The standard InChI is InChI=1S/C14H19NOS/c16-8-12-7-15-13(17-12)14-4-9-1-10(5-14)3-11(2-9)6-14/h7,9-11,16H,1-6,8H2. The van der Waals surface area contributed by atoms with Crippen molar-refractivity contribution in [2.75, 3.05) is 0 Å². The van der Waals surface area contributed by atoms with E-state index in [4.69, 9.17) is 0 Å². The fourth-order valence-electron chi connectivity index (χ4n) is 5.00. The molecular formula is C14H19NOS. The van der Waals surface area contributed by atoms with Crippen LogP contribution in [0.15, 0.2) is 6.20 Å². The van der Waals surface area contributed by atoms with E-state index < -0.39 is 0 Å². The second-order valence-corrected chi connectivity index (χ2v) is 7.60. The first-order valence-electron chi connectivity index (χ1n) is 6.83. The van der Waals surface area contributed by atoms with Crippen molar-refractivity contribution in [1.82, 2.24) is 4.98 Å². The average Bonchev–Trinajstić information content (AvgIpc) is 2.76. The molecule has 1 N–H and O–H groups in total. The third-order valence-electron chi connectivity index (χ3n) is 5.20. The van der Waals surface area contributed by atoms with Gasteiger partial charge in [-0.25, -0.2) is 4.98 Å². The van der Waals surface area contributed by atoms with Gasteiger partial charge < -0.3 is 5.11 Å². The highest BCUT2D eigenvalue weighted by Crippen LogP contribution is 2.61. The summed E-state index contributed by atoms with van der Waals surface area (Å²) < 4.78 is 0. The third-order valence-corrected chi connectivity index (χ3v) is 6.43. The van der Waals surface area contributed by atoms with E-state index in [0.717, 1.165) is 22.6 Å². The van der Waals surface area contributed by atoms with Gasteiger partial charge in [-0.05, 0) is 56.3 Å². The summed E-state index contributed by atoms with van der Waals surface area (Å²) in [5.41, 5.74) is 0.410. The molecule has 0 saturated heterocycles. The zero-order valence-corrected chi connectivity index (χ0v) is 10.9. The largest absolute Gasteiger partial charge is 0.391 e. The van der Waals surface area contributed by atoms with Crippen molar-refractivity contribution in [3.8, 4) is 0 Å². The van der Waals surface area contributed by atoms with Gasteiger partial charge in [0, 0.05) is 11.6 Å². The molecule has 5 rings (SSSR count). The van der Waals surface area contributed by atoms with Gasteiger partial charge in [-0.15, -0.1) is 11.3 Å². The third kappa shape index (κ3) is 1.52. The molecule has 2 nitrogen and oxygen atoms in total. The molecule has 92 valence electrons. The van der Waals surface area contributed by atoms with Gasteiger partial charge in [0.2, 0.25) is 0 Å². The van der Waals surface area contributed by atoms with Crippen molar-refractivity contribution < 1.29 is 5.11 Å². The number of aliphatic hydroxyl groups is 1. The SMILES string of the molecule is OCc1cnc(C23CC4CC(CC(C4)C2)C3)s1. The minimum absolute atomic E-state index is 0.157. The van der Waals surface area contributed by atoms with Crippen LogP contribution in [-0.2, 0) is 12.0 Å². The molecule has 1 heterocycles. The monoisotopic (exact) mass is 249 g/mol. The quantitative estimate of drug-likeness (QED) is 0.873. The van der Waals surface area contributed by atoms with Gasteiger partial charge in [-0.2, -0.15) is 0 Å². The van der Waals surface area contributed by atoms with Crippen LogP contribution in [0.4, 0.5) is 0 Å².